The Bertz CT molecular complexity index is 1270. The highest BCUT2D eigenvalue weighted by Crippen LogP contribution is 2.22. The molecule has 4 rings (SSSR count). The van der Waals surface area contributed by atoms with Crippen LogP contribution in [0.2, 0.25) is 0 Å². The van der Waals surface area contributed by atoms with E-state index in [2.05, 4.69) is 10.2 Å². The summed E-state index contributed by atoms with van der Waals surface area (Å²) in [6.07, 6.45) is 1.58. The third-order valence-corrected chi connectivity index (χ3v) is 7.98. The van der Waals surface area contributed by atoms with Crippen molar-refractivity contribution < 1.29 is 13.2 Å². The van der Waals surface area contributed by atoms with Gasteiger partial charge in [-0.1, -0.05) is 71.9 Å². The maximum atomic E-state index is 12.7. The number of benzene rings is 2. The van der Waals surface area contributed by atoms with Gasteiger partial charge in [-0.2, -0.15) is 4.31 Å². The summed E-state index contributed by atoms with van der Waals surface area (Å²) in [5.74, 6) is 6.71. The van der Waals surface area contributed by atoms with Crippen LogP contribution < -0.4 is 5.84 Å². The van der Waals surface area contributed by atoms with Gasteiger partial charge in [-0.3, -0.25) is 4.79 Å². The number of aromatic nitrogens is 3. The molecule has 1 aliphatic rings. The first kappa shape index (κ1) is 24.0. The van der Waals surface area contributed by atoms with Gasteiger partial charge in [-0.05, 0) is 18.6 Å². The molecule has 178 valence electrons. The summed E-state index contributed by atoms with van der Waals surface area (Å²) in [4.78, 5) is 14.4. The van der Waals surface area contributed by atoms with Crippen molar-refractivity contribution in [2.75, 3.05) is 37.8 Å². The van der Waals surface area contributed by atoms with Gasteiger partial charge < -0.3 is 10.7 Å². The van der Waals surface area contributed by atoms with Crippen molar-refractivity contribution in [2.24, 2.45) is 0 Å². The van der Waals surface area contributed by atoms with Gasteiger partial charge in [-0.25, -0.2) is 13.1 Å². The highest BCUT2D eigenvalue weighted by atomic mass is 32.2. The first-order valence-corrected chi connectivity index (χ1v) is 13.2. The molecule has 1 saturated heterocycles. The minimum atomic E-state index is -3.55. The van der Waals surface area contributed by atoms with Gasteiger partial charge in [0.05, 0.1) is 5.75 Å². The summed E-state index contributed by atoms with van der Waals surface area (Å²) >= 11 is 1.21. The fraction of sp³-hybridized carbons (Fsp3) is 0.261. The predicted octanol–water partition coefficient (Wildman–Crippen LogP) is 2.20. The number of aryl methyl sites for hydroxylation is 1. The molecule has 0 aliphatic carbocycles. The van der Waals surface area contributed by atoms with E-state index in [-0.39, 0.29) is 24.7 Å². The number of piperazine rings is 1. The molecular formula is C23H26N6O3S2. The number of hydrogen-bond acceptors (Lipinski definition) is 7. The summed E-state index contributed by atoms with van der Waals surface area (Å²) in [7, 11) is -3.55. The van der Waals surface area contributed by atoms with Gasteiger partial charge in [0.2, 0.25) is 21.1 Å². The molecule has 0 radical (unpaired) electrons. The van der Waals surface area contributed by atoms with Crippen molar-refractivity contribution in [3.05, 3.63) is 71.1 Å². The topological polar surface area (TPSA) is 114 Å². The Balaban J connectivity index is 1.30. The van der Waals surface area contributed by atoms with E-state index in [0.29, 0.717) is 24.1 Å². The van der Waals surface area contributed by atoms with Crippen molar-refractivity contribution >= 4 is 33.8 Å². The first-order valence-electron chi connectivity index (χ1n) is 10.7. The molecule has 9 nitrogen and oxygen atoms in total. The Kier molecular flexibility index (Phi) is 7.35. The van der Waals surface area contributed by atoms with E-state index in [0.717, 1.165) is 16.7 Å². The van der Waals surface area contributed by atoms with Crippen LogP contribution in [0.25, 0.3) is 17.5 Å². The highest BCUT2D eigenvalue weighted by Gasteiger charge is 2.27. The SMILES string of the molecule is Cc1ccc(-c2nnc(SCC(=O)N3CCN(S(=O)(=O)/C=C/c4ccccc4)CC3)n2N)cc1. The standard InChI is InChI=1S/C23H26N6O3S2/c1-18-7-9-20(10-8-18)22-25-26-23(29(22)24)33-17-21(30)27-12-14-28(15-13-27)34(31,32)16-11-19-5-3-2-4-6-19/h2-11,16H,12-15,17,24H2,1H3/b16-11+. The first-order chi connectivity index (χ1) is 16.3. The molecule has 1 amide bonds. The van der Waals surface area contributed by atoms with Crippen molar-refractivity contribution in [1.82, 2.24) is 24.1 Å². The number of nitrogen functional groups attached to an aromatic ring is 1. The molecule has 34 heavy (non-hydrogen) atoms. The molecule has 0 unspecified atom stereocenters. The molecule has 0 spiro atoms. The molecule has 2 N–H and O–H groups in total. The van der Waals surface area contributed by atoms with Crippen molar-refractivity contribution in [1.29, 1.82) is 0 Å². The maximum absolute atomic E-state index is 12.7. The summed E-state index contributed by atoms with van der Waals surface area (Å²) in [6, 6.07) is 17.0. The average Bonchev–Trinajstić information content (AvgIpc) is 3.22. The van der Waals surface area contributed by atoms with Gasteiger partial charge in [0, 0.05) is 37.2 Å². The van der Waals surface area contributed by atoms with Crippen LogP contribution in [-0.4, -0.2) is 70.3 Å². The number of nitrogens with zero attached hydrogens (tertiary/aromatic N) is 5. The van der Waals surface area contributed by atoms with Crippen LogP contribution in [0.3, 0.4) is 0 Å². The molecule has 1 aromatic heterocycles. The maximum Gasteiger partial charge on any atom is 0.236 e. The fourth-order valence-electron chi connectivity index (χ4n) is 3.50. The Morgan fingerprint density at radius 2 is 1.71 bits per heavy atom. The number of nitrogens with two attached hydrogens (primary N) is 1. The van der Waals surface area contributed by atoms with Crippen LogP contribution in [0.4, 0.5) is 0 Å². The number of thioether (sulfide) groups is 1. The number of carbonyl (C=O) groups is 1. The van der Waals surface area contributed by atoms with Crippen LogP contribution in [-0.2, 0) is 14.8 Å². The monoisotopic (exact) mass is 498 g/mol. The molecule has 0 bridgehead atoms. The molecule has 3 aromatic rings. The molecule has 11 heteroatoms. The smallest absolute Gasteiger partial charge is 0.236 e. The quantitative estimate of drug-likeness (QED) is 0.392. The van der Waals surface area contributed by atoms with Crippen LogP contribution >= 0.6 is 11.8 Å². The molecule has 1 fully saturated rings. The Morgan fingerprint density at radius 1 is 1.03 bits per heavy atom. The van der Waals surface area contributed by atoms with Crippen molar-refractivity contribution in [3.63, 3.8) is 0 Å². The molecule has 1 aliphatic heterocycles. The molecule has 0 atom stereocenters. The van der Waals surface area contributed by atoms with Crippen LogP contribution in [0.5, 0.6) is 0 Å². The molecule has 2 heterocycles. The van der Waals surface area contributed by atoms with E-state index in [1.165, 1.54) is 26.2 Å². The van der Waals surface area contributed by atoms with Gasteiger partial charge in [0.25, 0.3) is 0 Å². The molecule has 0 saturated carbocycles. The minimum absolute atomic E-state index is 0.0956. The van der Waals surface area contributed by atoms with E-state index in [4.69, 9.17) is 5.84 Å². The summed E-state index contributed by atoms with van der Waals surface area (Å²) in [6.45, 7) is 3.18. The summed E-state index contributed by atoms with van der Waals surface area (Å²) in [5.41, 5.74) is 2.79. The lowest BCUT2D eigenvalue weighted by Gasteiger charge is -2.33. The van der Waals surface area contributed by atoms with E-state index in [1.807, 2.05) is 61.5 Å². The second-order valence-corrected chi connectivity index (χ2v) is 10.6. The van der Waals surface area contributed by atoms with Gasteiger partial charge in [-0.15, -0.1) is 10.2 Å². The van der Waals surface area contributed by atoms with Crippen molar-refractivity contribution in [3.8, 4) is 11.4 Å². The van der Waals surface area contributed by atoms with E-state index in [9.17, 15) is 13.2 Å². The lowest BCUT2D eigenvalue weighted by Crippen LogP contribution is -2.50. The van der Waals surface area contributed by atoms with E-state index < -0.39 is 10.0 Å². The lowest BCUT2D eigenvalue weighted by molar-refractivity contribution is -0.129. The number of amides is 1. The second kappa shape index (κ2) is 10.4. The summed E-state index contributed by atoms with van der Waals surface area (Å²) < 4.78 is 28.0. The number of rotatable bonds is 7. The van der Waals surface area contributed by atoms with Crippen LogP contribution in [0.15, 0.2) is 65.2 Å². The third-order valence-electron chi connectivity index (χ3n) is 5.48. The zero-order valence-electron chi connectivity index (χ0n) is 18.7. The average molecular weight is 499 g/mol. The minimum Gasteiger partial charge on any atom is -0.339 e. The van der Waals surface area contributed by atoms with Gasteiger partial charge in [0.1, 0.15) is 0 Å². The Morgan fingerprint density at radius 3 is 2.38 bits per heavy atom. The third kappa shape index (κ3) is 5.66. The molecular weight excluding hydrogens is 472 g/mol. The highest BCUT2D eigenvalue weighted by molar-refractivity contribution is 7.99. The predicted molar refractivity (Wildman–Crippen MR) is 134 cm³/mol. The fourth-order valence-corrected chi connectivity index (χ4v) is 5.43. The van der Waals surface area contributed by atoms with Crippen molar-refractivity contribution in [2.45, 2.75) is 12.1 Å². The van der Waals surface area contributed by atoms with Crippen LogP contribution in [0.1, 0.15) is 11.1 Å². The normalized spacial score (nSPS) is 15.1. The second-order valence-electron chi connectivity index (χ2n) is 7.87. The van der Waals surface area contributed by atoms with E-state index in [1.54, 1.807) is 11.0 Å². The van der Waals surface area contributed by atoms with Gasteiger partial charge >= 0.3 is 0 Å². The Labute approximate surface area is 203 Å². The van der Waals surface area contributed by atoms with Gasteiger partial charge in [0.15, 0.2) is 5.82 Å². The summed E-state index contributed by atoms with van der Waals surface area (Å²) in [5, 5.41) is 9.91. The molecule has 2 aromatic carbocycles. The number of sulfonamides is 1. The zero-order chi connectivity index (χ0) is 24.1. The zero-order valence-corrected chi connectivity index (χ0v) is 20.4. The Hall–Kier alpha value is -3.15. The largest absolute Gasteiger partial charge is 0.339 e. The lowest BCUT2D eigenvalue weighted by atomic mass is 10.1. The number of hydrogen-bond donors (Lipinski definition) is 1. The van der Waals surface area contributed by atoms with Crippen LogP contribution in [0, 0.1) is 6.92 Å². The van der Waals surface area contributed by atoms with E-state index >= 15 is 0 Å². The number of carbonyl (C=O) groups excluding carboxylic acids is 1.